The second-order valence-electron chi connectivity index (χ2n) is 4.31. The quantitative estimate of drug-likeness (QED) is 0.658. The maximum atomic E-state index is 12.8. The van der Waals surface area contributed by atoms with Crippen LogP contribution in [0.4, 0.5) is 10.1 Å². The molecule has 0 spiro atoms. The van der Waals surface area contributed by atoms with Crippen LogP contribution in [0.3, 0.4) is 0 Å². The van der Waals surface area contributed by atoms with E-state index >= 15 is 0 Å². The molecule has 2 aromatic rings. The number of anilines is 1. The van der Waals surface area contributed by atoms with Crippen molar-refractivity contribution in [3.8, 4) is 0 Å². The Bertz CT molecular complexity index is 716. The number of benzene rings is 2. The smallest absolute Gasteiger partial charge is 0.250 e. The molecule has 6 heteroatoms. The minimum atomic E-state index is -0.389. The summed E-state index contributed by atoms with van der Waals surface area (Å²) in [4.78, 5) is 11.8. The van der Waals surface area contributed by atoms with Crippen molar-refractivity contribution < 1.29 is 9.18 Å². The topological polar surface area (TPSA) is 41.1 Å². The van der Waals surface area contributed by atoms with E-state index in [2.05, 4.69) is 10.6 Å². The molecule has 0 bridgehead atoms. The minimum absolute atomic E-state index is 0.125. The molecule has 0 aliphatic carbocycles. The van der Waals surface area contributed by atoms with E-state index in [1.165, 1.54) is 30.3 Å². The first-order chi connectivity index (χ1) is 10.5. The lowest BCUT2D eigenvalue weighted by Crippen LogP contribution is -2.32. The summed E-state index contributed by atoms with van der Waals surface area (Å²) >= 11 is 11.0. The lowest BCUT2D eigenvalue weighted by atomic mass is 10.2. The number of hydrogen-bond acceptors (Lipinski definition) is 2. The molecule has 0 saturated heterocycles. The summed E-state index contributed by atoms with van der Waals surface area (Å²) in [5.74, 6) is -0.734. The maximum absolute atomic E-state index is 12.8. The van der Waals surface area contributed by atoms with E-state index in [-0.39, 0.29) is 16.8 Å². The van der Waals surface area contributed by atoms with Gasteiger partial charge in [0.15, 0.2) is 5.11 Å². The lowest BCUT2D eigenvalue weighted by molar-refractivity contribution is -0.115. The molecule has 0 aliphatic heterocycles. The van der Waals surface area contributed by atoms with E-state index in [0.29, 0.717) is 10.7 Å². The summed E-state index contributed by atoms with van der Waals surface area (Å²) < 4.78 is 12.8. The van der Waals surface area contributed by atoms with Crippen LogP contribution in [-0.4, -0.2) is 11.0 Å². The molecule has 112 valence electrons. The van der Waals surface area contributed by atoms with E-state index in [4.69, 9.17) is 23.8 Å². The first-order valence-electron chi connectivity index (χ1n) is 6.35. The van der Waals surface area contributed by atoms with Crippen molar-refractivity contribution in [3.05, 3.63) is 71.0 Å². The van der Waals surface area contributed by atoms with E-state index in [1.54, 1.807) is 18.2 Å². The summed E-state index contributed by atoms with van der Waals surface area (Å²) in [5, 5.41) is 5.95. The number of hydrogen-bond donors (Lipinski definition) is 2. The highest BCUT2D eigenvalue weighted by Crippen LogP contribution is 2.16. The predicted molar refractivity (Wildman–Crippen MR) is 91.2 cm³/mol. The molecule has 3 nitrogen and oxygen atoms in total. The van der Waals surface area contributed by atoms with E-state index in [1.807, 2.05) is 12.1 Å². The fourth-order valence-corrected chi connectivity index (χ4v) is 2.04. The summed E-state index contributed by atoms with van der Waals surface area (Å²) in [5.41, 5.74) is 1.32. The molecular formula is C16H12ClFN2OS. The van der Waals surface area contributed by atoms with Crippen LogP contribution in [0.25, 0.3) is 6.08 Å². The van der Waals surface area contributed by atoms with E-state index in [9.17, 15) is 9.18 Å². The molecule has 2 rings (SSSR count). The summed E-state index contributed by atoms with van der Waals surface area (Å²) in [7, 11) is 0. The number of nitrogens with one attached hydrogen (secondary N) is 2. The molecule has 0 radical (unpaired) electrons. The average Bonchev–Trinajstić information content (AvgIpc) is 2.49. The molecule has 1 amide bonds. The first-order valence-corrected chi connectivity index (χ1v) is 7.13. The highest BCUT2D eigenvalue weighted by atomic mass is 35.5. The predicted octanol–water partition coefficient (Wildman–Crippen LogP) is 4.01. The van der Waals surface area contributed by atoms with Crippen LogP contribution in [0.5, 0.6) is 0 Å². The fourth-order valence-electron chi connectivity index (χ4n) is 1.62. The summed E-state index contributed by atoms with van der Waals surface area (Å²) in [6.07, 6.45) is 2.93. The zero-order valence-corrected chi connectivity index (χ0v) is 12.9. The zero-order valence-electron chi connectivity index (χ0n) is 11.3. The van der Waals surface area contributed by atoms with Gasteiger partial charge in [-0.3, -0.25) is 10.1 Å². The number of carbonyl (C=O) groups is 1. The number of amides is 1. The van der Waals surface area contributed by atoms with E-state index in [0.717, 1.165) is 5.56 Å². The van der Waals surface area contributed by atoms with Crippen LogP contribution in [0.1, 0.15) is 5.56 Å². The maximum Gasteiger partial charge on any atom is 0.250 e. The number of thiocarbonyl (C=S) groups is 1. The number of halogens is 2. The second kappa shape index (κ2) is 7.68. The molecule has 0 heterocycles. The molecule has 0 fully saturated rings. The summed E-state index contributed by atoms with van der Waals surface area (Å²) in [6.45, 7) is 0. The second-order valence-corrected chi connectivity index (χ2v) is 5.12. The van der Waals surface area contributed by atoms with E-state index < -0.39 is 0 Å². The molecule has 0 atom stereocenters. The highest BCUT2D eigenvalue weighted by molar-refractivity contribution is 7.80. The Labute approximate surface area is 137 Å². The van der Waals surface area contributed by atoms with Crippen molar-refractivity contribution in [2.24, 2.45) is 0 Å². The Kier molecular flexibility index (Phi) is 5.63. The van der Waals surface area contributed by atoms with Crippen LogP contribution in [-0.2, 0) is 4.79 Å². The zero-order chi connectivity index (χ0) is 15.9. The summed E-state index contributed by atoms with van der Waals surface area (Å²) in [6, 6.07) is 12.8. The SMILES string of the molecule is O=C(C=Cc1ccccc1Cl)NC(=S)Nc1ccc(F)cc1. The number of rotatable bonds is 3. The van der Waals surface area contributed by atoms with Gasteiger partial charge in [0.25, 0.3) is 0 Å². The van der Waals surface area contributed by atoms with Crippen molar-refractivity contribution in [1.82, 2.24) is 5.32 Å². The van der Waals surface area contributed by atoms with Crippen LogP contribution < -0.4 is 10.6 Å². The highest BCUT2D eigenvalue weighted by Gasteiger charge is 2.02. The van der Waals surface area contributed by atoms with Gasteiger partial charge in [-0.25, -0.2) is 4.39 Å². The van der Waals surface area contributed by atoms with Gasteiger partial charge in [-0.1, -0.05) is 29.8 Å². The molecule has 2 aromatic carbocycles. The van der Waals surface area contributed by atoms with Gasteiger partial charge in [0.1, 0.15) is 5.82 Å². The third-order valence-corrected chi connectivity index (χ3v) is 3.21. The van der Waals surface area contributed by atoms with Gasteiger partial charge in [-0.15, -0.1) is 0 Å². The lowest BCUT2D eigenvalue weighted by Gasteiger charge is -2.07. The number of carbonyl (C=O) groups excluding carboxylic acids is 1. The van der Waals surface area contributed by atoms with Gasteiger partial charge in [0.2, 0.25) is 5.91 Å². The molecule has 0 aromatic heterocycles. The van der Waals surface area contributed by atoms with Crippen molar-refractivity contribution in [1.29, 1.82) is 0 Å². The van der Waals surface area contributed by atoms with Crippen molar-refractivity contribution in [2.45, 2.75) is 0 Å². The molecule has 0 aliphatic rings. The Balaban J connectivity index is 1.90. The van der Waals surface area contributed by atoms with Crippen molar-refractivity contribution in [3.63, 3.8) is 0 Å². The third-order valence-electron chi connectivity index (χ3n) is 2.66. The average molecular weight is 335 g/mol. The molecule has 22 heavy (non-hydrogen) atoms. The molecule has 2 N–H and O–H groups in total. The van der Waals surface area contributed by atoms with Gasteiger partial charge in [-0.05, 0) is 54.2 Å². The largest absolute Gasteiger partial charge is 0.332 e. The molecular weight excluding hydrogens is 323 g/mol. The first kappa shape index (κ1) is 16.1. The minimum Gasteiger partial charge on any atom is -0.332 e. The van der Waals surface area contributed by atoms with Crippen LogP contribution in [0, 0.1) is 5.82 Å². The van der Waals surface area contributed by atoms with Gasteiger partial charge < -0.3 is 5.32 Å². The van der Waals surface area contributed by atoms with Gasteiger partial charge >= 0.3 is 0 Å². The van der Waals surface area contributed by atoms with Crippen LogP contribution >= 0.6 is 23.8 Å². The molecule has 0 unspecified atom stereocenters. The van der Waals surface area contributed by atoms with Gasteiger partial charge in [-0.2, -0.15) is 0 Å². The molecule has 0 saturated carbocycles. The Morgan fingerprint density at radius 1 is 1.14 bits per heavy atom. The van der Waals surface area contributed by atoms with Crippen LogP contribution in [0.2, 0.25) is 5.02 Å². The standard InChI is InChI=1S/C16H12ClFN2OS/c17-14-4-2-1-3-11(14)5-10-15(21)20-16(22)19-13-8-6-12(18)7-9-13/h1-10H,(H2,19,20,21,22). The monoisotopic (exact) mass is 334 g/mol. The Morgan fingerprint density at radius 3 is 2.50 bits per heavy atom. The normalized spacial score (nSPS) is 10.5. The Hall–Kier alpha value is -2.24. The van der Waals surface area contributed by atoms with Crippen LogP contribution in [0.15, 0.2) is 54.6 Å². The van der Waals surface area contributed by atoms with Crippen molar-refractivity contribution >= 4 is 46.6 Å². The van der Waals surface area contributed by atoms with Crippen molar-refractivity contribution in [2.75, 3.05) is 5.32 Å². The fraction of sp³-hybridized carbons (Fsp3) is 0. The Morgan fingerprint density at radius 2 is 1.82 bits per heavy atom. The third kappa shape index (κ3) is 4.95. The van der Waals surface area contributed by atoms with Gasteiger partial charge in [0.05, 0.1) is 0 Å². The van der Waals surface area contributed by atoms with Gasteiger partial charge in [0, 0.05) is 16.8 Å².